The Labute approximate surface area is 47.6 Å². The molecule has 0 spiro atoms. The average molecular weight is 114 g/mol. The molecule has 0 aromatic heterocycles. The van der Waals surface area contributed by atoms with Gasteiger partial charge in [0.2, 0.25) is 0 Å². The molecule has 38 valence electrons. The molecule has 0 aromatic carbocycles. The van der Waals surface area contributed by atoms with Crippen LogP contribution < -0.4 is 0 Å². The average Bonchev–Trinajstić information content (AvgIpc) is 1.69. The van der Waals surface area contributed by atoms with E-state index in [1.54, 1.807) is 0 Å². The van der Waals surface area contributed by atoms with Gasteiger partial charge in [-0.05, 0) is 6.42 Å². The predicted octanol–water partition coefficient (Wildman–Crippen LogP) is 1.56. The van der Waals surface area contributed by atoms with Gasteiger partial charge in [0, 0.05) is 6.42 Å². The summed E-state index contributed by atoms with van der Waals surface area (Å²) in [6, 6.07) is 0. The molecular formula is C4H6N2S. The minimum Gasteiger partial charge on any atom is -0.188 e. The molecular weight excluding hydrogens is 108 g/mol. The number of nitrogens with zero attached hydrogens (tertiary/aromatic N) is 2. The zero-order chi connectivity index (χ0) is 5.11. The van der Waals surface area contributed by atoms with E-state index in [-0.39, 0.29) is 0 Å². The SMILES string of the molecule is S=C1CCCN=N1. The van der Waals surface area contributed by atoms with Crippen molar-refractivity contribution in [3.63, 3.8) is 0 Å². The maximum Gasteiger partial charge on any atom is 0.125 e. The standard InChI is InChI=1S/C4H6N2S/c7-4-2-1-3-5-6-4/h1-3H2. The van der Waals surface area contributed by atoms with Crippen molar-refractivity contribution in [1.29, 1.82) is 0 Å². The first kappa shape index (κ1) is 4.84. The van der Waals surface area contributed by atoms with Crippen LogP contribution >= 0.6 is 12.2 Å². The van der Waals surface area contributed by atoms with E-state index in [1.807, 2.05) is 0 Å². The molecule has 0 saturated carbocycles. The second kappa shape index (κ2) is 2.12. The van der Waals surface area contributed by atoms with Crippen molar-refractivity contribution in [3.8, 4) is 0 Å². The fourth-order valence-corrected chi connectivity index (χ4v) is 0.682. The summed E-state index contributed by atoms with van der Waals surface area (Å²) in [6.45, 7) is 0.861. The Hall–Kier alpha value is -0.310. The summed E-state index contributed by atoms with van der Waals surface area (Å²) in [5.74, 6) is 0. The zero-order valence-corrected chi connectivity index (χ0v) is 4.74. The third kappa shape index (κ3) is 1.31. The van der Waals surface area contributed by atoms with E-state index < -0.39 is 0 Å². The smallest absolute Gasteiger partial charge is 0.125 e. The molecule has 0 atom stereocenters. The normalized spacial score (nSPS) is 20.3. The molecule has 0 saturated heterocycles. The quantitative estimate of drug-likeness (QED) is 0.438. The Balaban J connectivity index is 2.51. The van der Waals surface area contributed by atoms with Crippen molar-refractivity contribution in [2.24, 2.45) is 10.2 Å². The topological polar surface area (TPSA) is 24.7 Å². The van der Waals surface area contributed by atoms with Crippen LogP contribution in [0.4, 0.5) is 0 Å². The lowest BCUT2D eigenvalue weighted by Crippen LogP contribution is -1.96. The molecule has 0 N–H and O–H groups in total. The van der Waals surface area contributed by atoms with E-state index in [0.29, 0.717) is 0 Å². The summed E-state index contributed by atoms with van der Waals surface area (Å²) in [5.41, 5.74) is 0. The van der Waals surface area contributed by atoms with Crippen LogP contribution in [0.25, 0.3) is 0 Å². The van der Waals surface area contributed by atoms with Crippen molar-refractivity contribution in [2.45, 2.75) is 12.8 Å². The first-order chi connectivity index (χ1) is 3.39. The molecule has 0 amide bonds. The maximum absolute atomic E-state index is 4.75. The number of hydrogen-bond acceptors (Lipinski definition) is 2. The van der Waals surface area contributed by atoms with Crippen molar-refractivity contribution in [3.05, 3.63) is 0 Å². The second-order valence-electron chi connectivity index (χ2n) is 1.46. The van der Waals surface area contributed by atoms with E-state index in [4.69, 9.17) is 12.2 Å². The Kier molecular flexibility index (Phi) is 1.46. The number of hydrogen-bond donors (Lipinski definition) is 0. The van der Waals surface area contributed by atoms with Crippen LogP contribution in [0, 0.1) is 0 Å². The highest BCUT2D eigenvalue weighted by molar-refractivity contribution is 7.80. The van der Waals surface area contributed by atoms with Crippen molar-refractivity contribution in [2.75, 3.05) is 6.54 Å². The second-order valence-corrected chi connectivity index (χ2v) is 1.93. The van der Waals surface area contributed by atoms with Gasteiger partial charge >= 0.3 is 0 Å². The van der Waals surface area contributed by atoms with E-state index in [2.05, 4.69) is 10.2 Å². The summed E-state index contributed by atoms with van der Waals surface area (Å²) in [4.78, 5) is 0.756. The van der Waals surface area contributed by atoms with E-state index in [9.17, 15) is 0 Å². The van der Waals surface area contributed by atoms with Gasteiger partial charge in [-0.3, -0.25) is 0 Å². The highest BCUT2D eigenvalue weighted by Crippen LogP contribution is 2.01. The summed E-state index contributed by atoms with van der Waals surface area (Å²) >= 11 is 4.75. The van der Waals surface area contributed by atoms with Gasteiger partial charge in [0.15, 0.2) is 0 Å². The molecule has 3 heteroatoms. The van der Waals surface area contributed by atoms with Gasteiger partial charge in [-0.25, -0.2) is 0 Å². The monoisotopic (exact) mass is 114 g/mol. The van der Waals surface area contributed by atoms with E-state index in [1.165, 1.54) is 0 Å². The van der Waals surface area contributed by atoms with Gasteiger partial charge in [-0.15, -0.1) is 5.11 Å². The Bertz CT molecular complexity index is 108. The molecule has 1 heterocycles. The molecule has 1 aliphatic heterocycles. The van der Waals surface area contributed by atoms with Crippen LogP contribution in [0.1, 0.15) is 12.8 Å². The van der Waals surface area contributed by atoms with Gasteiger partial charge in [-0.2, -0.15) is 5.11 Å². The molecule has 0 unspecified atom stereocenters. The third-order valence-electron chi connectivity index (χ3n) is 0.831. The highest BCUT2D eigenvalue weighted by atomic mass is 32.1. The minimum atomic E-state index is 0.756. The zero-order valence-electron chi connectivity index (χ0n) is 3.92. The first-order valence-corrected chi connectivity index (χ1v) is 2.71. The van der Waals surface area contributed by atoms with Crippen molar-refractivity contribution in [1.82, 2.24) is 0 Å². The minimum absolute atomic E-state index is 0.756. The molecule has 0 radical (unpaired) electrons. The van der Waals surface area contributed by atoms with Crippen LogP contribution in [0.5, 0.6) is 0 Å². The fourth-order valence-electron chi connectivity index (χ4n) is 0.480. The van der Waals surface area contributed by atoms with Gasteiger partial charge < -0.3 is 0 Å². The van der Waals surface area contributed by atoms with Gasteiger partial charge in [-0.1, -0.05) is 12.2 Å². The van der Waals surface area contributed by atoms with Gasteiger partial charge in [0.25, 0.3) is 0 Å². The summed E-state index contributed by atoms with van der Waals surface area (Å²) in [6.07, 6.45) is 2.04. The van der Waals surface area contributed by atoms with E-state index in [0.717, 1.165) is 24.4 Å². The van der Waals surface area contributed by atoms with Gasteiger partial charge in [0.05, 0.1) is 6.54 Å². The lowest BCUT2D eigenvalue weighted by molar-refractivity contribution is 0.802. The largest absolute Gasteiger partial charge is 0.188 e. The number of azo groups is 1. The van der Waals surface area contributed by atoms with Crippen molar-refractivity contribution < 1.29 is 0 Å². The molecule has 0 bridgehead atoms. The Morgan fingerprint density at radius 2 is 2.43 bits per heavy atom. The van der Waals surface area contributed by atoms with Crippen LogP contribution in [0.15, 0.2) is 10.2 Å². The third-order valence-corrected chi connectivity index (χ3v) is 1.12. The summed E-state index contributed by atoms with van der Waals surface area (Å²) in [5, 5.41) is 7.43. The molecule has 2 nitrogen and oxygen atoms in total. The molecule has 0 fully saturated rings. The fraction of sp³-hybridized carbons (Fsp3) is 0.750. The maximum atomic E-state index is 4.75. The summed E-state index contributed by atoms with van der Waals surface area (Å²) in [7, 11) is 0. The van der Waals surface area contributed by atoms with Crippen LogP contribution in [-0.2, 0) is 0 Å². The molecule has 1 aliphatic rings. The van der Waals surface area contributed by atoms with Crippen LogP contribution in [-0.4, -0.2) is 11.5 Å². The first-order valence-electron chi connectivity index (χ1n) is 2.30. The van der Waals surface area contributed by atoms with Gasteiger partial charge in [0.1, 0.15) is 4.99 Å². The Morgan fingerprint density at radius 3 is 2.71 bits per heavy atom. The molecule has 0 aliphatic carbocycles. The molecule has 1 rings (SSSR count). The lowest BCUT2D eigenvalue weighted by atomic mass is 10.3. The number of thiocarbonyl (C=S) groups is 1. The predicted molar refractivity (Wildman–Crippen MR) is 31.6 cm³/mol. The van der Waals surface area contributed by atoms with Crippen LogP contribution in [0.2, 0.25) is 0 Å². The lowest BCUT2D eigenvalue weighted by Gasteiger charge is -1.98. The Morgan fingerprint density at radius 1 is 1.57 bits per heavy atom. The van der Waals surface area contributed by atoms with Crippen LogP contribution in [0.3, 0.4) is 0 Å². The molecule has 0 aromatic rings. The highest BCUT2D eigenvalue weighted by Gasteiger charge is 1.97. The summed E-state index contributed by atoms with van der Waals surface area (Å²) < 4.78 is 0. The van der Waals surface area contributed by atoms with Crippen molar-refractivity contribution >= 4 is 17.2 Å². The molecule has 7 heavy (non-hydrogen) atoms. The number of rotatable bonds is 0. The van der Waals surface area contributed by atoms with E-state index >= 15 is 0 Å².